The molecule has 2 aliphatic rings. The fourth-order valence-corrected chi connectivity index (χ4v) is 3.39. The van der Waals surface area contributed by atoms with Gasteiger partial charge in [0.25, 0.3) is 11.8 Å². The summed E-state index contributed by atoms with van der Waals surface area (Å²) in [4.78, 5) is 50.9. The zero-order chi connectivity index (χ0) is 20.6. The van der Waals surface area contributed by atoms with Gasteiger partial charge in [-0.3, -0.25) is 19.3 Å². The number of carbonyl (C=O) groups excluding carboxylic acids is 4. The molecule has 0 spiro atoms. The Kier molecular flexibility index (Phi) is 5.12. The lowest BCUT2D eigenvalue weighted by Gasteiger charge is -2.31. The van der Waals surface area contributed by atoms with Gasteiger partial charge in [-0.15, -0.1) is 0 Å². The number of piperidine rings is 1. The minimum Gasteiger partial charge on any atom is -0.374 e. The number of hydrogen-bond acceptors (Lipinski definition) is 5. The van der Waals surface area contributed by atoms with Gasteiger partial charge >= 0.3 is 6.03 Å². The molecular formula is C19H24N4O5. The van der Waals surface area contributed by atoms with Crippen molar-refractivity contribution in [2.75, 3.05) is 0 Å². The second-order valence-electron chi connectivity index (χ2n) is 8.00. The molecule has 1 saturated heterocycles. The van der Waals surface area contributed by atoms with Gasteiger partial charge in [0.15, 0.2) is 0 Å². The lowest BCUT2D eigenvalue weighted by atomic mass is 10.0. The number of nitrogens with zero attached hydrogens (tertiary/aromatic N) is 1. The van der Waals surface area contributed by atoms with Crippen LogP contribution in [0.25, 0.3) is 0 Å². The molecule has 0 bridgehead atoms. The van der Waals surface area contributed by atoms with Crippen LogP contribution in [-0.2, 0) is 11.3 Å². The molecule has 1 fully saturated rings. The summed E-state index contributed by atoms with van der Waals surface area (Å²) < 4.78 is 0. The first-order chi connectivity index (χ1) is 13.1. The van der Waals surface area contributed by atoms with E-state index in [9.17, 15) is 24.3 Å². The molecule has 2 unspecified atom stereocenters. The highest BCUT2D eigenvalue weighted by molar-refractivity contribution is 6.23. The highest BCUT2D eigenvalue weighted by atomic mass is 16.3. The van der Waals surface area contributed by atoms with Crippen molar-refractivity contribution in [1.29, 1.82) is 0 Å². The van der Waals surface area contributed by atoms with Crippen LogP contribution in [-0.4, -0.2) is 51.6 Å². The number of aliphatic hydroxyl groups is 1. The number of carbonyl (C=O) groups is 4. The highest BCUT2D eigenvalue weighted by Crippen LogP contribution is 2.30. The van der Waals surface area contributed by atoms with E-state index in [1.54, 1.807) is 12.1 Å². The summed E-state index contributed by atoms with van der Waals surface area (Å²) >= 11 is 0. The van der Waals surface area contributed by atoms with Gasteiger partial charge in [-0.1, -0.05) is 12.1 Å². The third-order valence-electron chi connectivity index (χ3n) is 4.60. The molecule has 2 heterocycles. The second-order valence-corrected chi connectivity index (χ2v) is 8.00. The average molecular weight is 388 g/mol. The van der Waals surface area contributed by atoms with Crippen LogP contribution in [0.3, 0.4) is 0 Å². The molecule has 9 nitrogen and oxygen atoms in total. The van der Waals surface area contributed by atoms with E-state index in [1.807, 2.05) is 20.8 Å². The normalized spacial score (nSPS) is 22.0. The summed E-state index contributed by atoms with van der Waals surface area (Å²) in [7, 11) is 0. The van der Waals surface area contributed by atoms with Crippen molar-refractivity contribution in [3.8, 4) is 0 Å². The van der Waals surface area contributed by atoms with Crippen molar-refractivity contribution < 1.29 is 24.3 Å². The summed E-state index contributed by atoms with van der Waals surface area (Å²) in [6.45, 7) is 5.60. The van der Waals surface area contributed by atoms with Gasteiger partial charge < -0.3 is 21.1 Å². The van der Waals surface area contributed by atoms with Crippen molar-refractivity contribution in [2.45, 2.75) is 58.0 Å². The molecule has 0 aromatic heterocycles. The minimum absolute atomic E-state index is 0.0630. The summed E-state index contributed by atoms with van der Waals surface area (Å²) in [6.07, 6.45) is -0.523. The lowest BCUT2D eigenvalue weighted by molar-refractivity contribution is -0.131. The number of aliphatic hydroxyl groups excluding tert-OH is 1. The van der Waals surface area contributed by atoms with Crippen LogP contribution in [0.5, 0.6) is 0 Å². The second kappa shape index (κ2) is 7.23. The van der Waals surface area contributed by atoms with Crippen LogP contribution >= 0.6 is 0 Å². The monoisotopic (exact) mass is 388 g/mol. The van der Waals surface area contributed by atoms with Crippen molar-refractivity contribution in [1.82, 2.24) is 20.9 Å². The topological polar surface area (TPSA) is 128 Å². The Balaban J connectivity index is 1.80. The number of imide groups is 1. The van der Waals surface area contributed by atoms with Crippen molar-refractivity contribution in [3.05, 3.63) is 34.9 Å². The van der Waals surface area contributed by atoms with Crippen molar-refractivity contribution >= 4 is 23.8 Å². The summed E-state index contributed by atoms with van der Waals surface area (Å²) in [5.74, 6) is -1.67. The first-order valence-electron chi connectivity index (χ1n) is 9.13. The number of fused-ring (bicyclic) bond motifs is 1. The third-order valence-corrected chi connectivity index (χ3v) is 4.60. The van der Waals surface area contributed by atoms with Gasteiger partial charge in [0.2, 0.25) is 5.91 Å². The molecule has 0 aliphatic carbocycles. The van der Waals surface area contributed by atoms with Crippen LogP contribution in [0, 0.1) is 0 Å². The molecule has 5 amide bonds. The Labute approximate surface area is 162 Å². The zero-order valence-corrected chi connectivity index (χ0v) is 16.0. The summed E-state index contributed by atoms with van der Waals surface area (Å²) in [5.41, 5.74) is 0.491. The molecule has 0 saturated carbocycles. The molecule has 9 heteroatoms. The van der Waals surface area contributed by atoms with Crippen molar-refractivity contribution in [3.63, 3.8) is 0 Å². The third kappa shape index (κ3) is 3.84. The Bertz CT molecular complexity index is 845. The minimum atomic E-state index is -0.972. The smallest absolute Gasteiger partial charge is 0.315 e. The predicted octanol–water partition coefficient (Wildman–Crippen LogP) is 0.477. The van der Waals surface area contributed by atoms with Gasteiger partial charge in [-0.2, -0.15) is 0 Å². The molecule has 4 N–H and O–H groups in total. The van der Waals surface area contributed by atoms with E-state index in [-0.39, 0.29) is 36.5 Å². The van der Waals surface area contributed by atoms with Gasteiger partial charge in [-0.25, -0.2) is 4.79 Å². The fraction of sp³-hybridized carbons (Fsp3) is 0.474. The molecule has 2 atom stereocenters. The molecule has 3 rings (SSSR count). The van der Waals surface area contributed by atoms with Gasteiger partial charge in [0.1, 0.15) is 12.3 Å². The lowest BCUT2D eigenvalue weighted by Crippen LogP contribution is -2.55. The Morgan fingerprint density at radius 1 is 1.21 bits per heavy atom. The number of urea groups is 1. The largest absolute Gasteiger partial charge is 0.374 e. The van der Waals surface area contributed by atoms with Crippen LogP contribution in [0.2, 0.25) is 0 Å². The van der Waals surface area contributed by atoms with E-state index < -0.39 is 35.5 Å². The Morgan fingerprint density at radius 2 is 1.93 bits per heavy atom. The zero-order valence-electron chi connectivity index (χ0n) is 16.0. The molecule has 2 aliphatic heterocycles. The number of rotatable bonds is 3. The molecule has 28 heavy (non-hydrogen) atoms. The van der Waals surface area contributed by atoms with Gasteiger partial charge in [0, 0.05) is 12.1 Å². The Hall–Kier alpha value is -2.94. The van der Waals surface area contributed by atoms with Gasteiger partial charge in [0.05, 0.1) is 11.1 Å². The molecule has 1 aromatic carbocycles. The molecule has 0 radical (unpaired) electrons. The van der Waals surface area contributed by atoms with Crippen LogP contribution in [0.1, 0.15) is 59.9 Å². The quantitative estimate of drug-likeness (QED) is 0.560. The van der Waals surface area contributed by atoms with E-state index in [0.29, 0.717) is 5.56 Å². The average Bonchev–Trinajstić information content (AvgIpc) is 2.84. The first-order valence-corrected chi connectivity index (χ1v) is 9.13. The maximum Gasteiger partial charge on any atom is 0.315 e. The standard InChI is InChI=1S/C19H24N4O5/c1-19(2,3)22-18(28)20-9-10-5-4-6-11-14(10)17(27)23(16(11)26)12-7-8-13(24)21-15(12)25/h4-6,12-13,24H,7-9H2,1-3H3,(H,21,25)(H2,20,22,28). The van der Waals surface area contributed by atoms with Crippen LogP contribution < -0.4 is 16.0 Å². The molecular weight excluding hydrogens is 364 g/mol. The van der Waals surface area contributed by atoms with E-state index in [2.05, 4.69) is 16.0 Å². The number of hydrogen-bond donors (Lipinski definition) is 4. The highest BCUT2D eigenvalue weighted by Gasteiger charge is 2.45. The van der Waals surface area contributed by atoms with E-state index in [1.165, 1.54) is 6.07 Å². The van der Waals surface area contributed by atoms with Crippen LogP contribution in [0.15, 0.2) is 18.2 Å². The van der Waals surface area contributed by atoms with E-state index in [0.717, 1.165) is 4.90 Å². The number of amides is 5. The maximum atomic E-state index is 13.0. The molecule has 1 aromatic rings. The van der Waals surface area contributed by atoms with Crippen molar-refractivity contribution in [2.24, 2.45) is 0 Å². The van der Waals surface area contributed by atoms with Gasteiger partial charge in [-0.05, 0) is 45.2 Å². The Morgan fingerprint density at radius 3 is 2.57 bits per heavy atom. The van der Waals surface area contributed by atoms with E-state index >= 15 is 0 Å². The SMILES string of the molecule is CC(C)(C)NC(=O)NCc1cccc2c1C(=O)N(C1CCC(O)NC1=O)C2=O. The first kappa shape index (κ1) is 19.8. The van der Waals surface area contributed by atoms with Crippen LogP contribution in [0.4, 0.5) is 4.79 Å². The summed E-state index contributed by atoms with van der Waals surface area (Å²) in [5, 5.41) is 17.3. The maximum absolute atomic E-state index is 13.0. The fourth-order valence-electron chi connectivity index (χ4n) is 3.39. The summed E-state index contributed by atoms with van der Waals surface area (Å²) in [6, 6.07) is 3.48. The molecule has 150 valence electrons. The number of nitrogens with one attached hydrogen (secondary N) is 3. The van der Waals surface area contributed by atoms with E-state index in [4.69, 9.17) is 0 Å². The number of benzene rings is 1. The predicted molar refractivity (Wildman–Crippen MR) is 99.2 cm³/mol.